The lowest BCUT2D eigenvalue weighted by Crippen LogP contribution is -1.88. The molecular weight excluding hydrogens is 232 g/mol. The van der Waals surface area contributed by atoms with Crippen molar-refractivity contribution in [2.45, 2.75) is 0 Å². The van der Waals surface area contributed by atoms with Crippen molar-refractivity contribution in [3.8, 4) is 21.2 Å². The van der Waals surface area contributed by atoms with E-state index in [1.165, 1.54) is 0 Å². The van der Waals surface area contributed by atoms with Crippen LogP contribution in [-0.4, -0.2) is 14.9 Å². The van der Waals surface area contributed by atoms with Crippen LogP contribution < -0.4 is 0 Å². The predicted molar refractivity (Wildman–Crippen MR) is 68.5 cm³/mol. The Balaban J connectivity index is 1.98. The Kier molecular flexibility index (Phi) is 2.42. The molecule has 2 heterocycles. The number of hydrogen-bond acceptors (Lipinski definition) is 3. The van der Waals surface area contributed by atoms with Crippen LogP contribution in [0, 0.1) is 0 Å². The van der Waals surface area contributed by atoms with E-state index < -0.39 is 0 Å². The Morgan fingerprint density at radius 1 is 1.06 bits per heavy atom. The van der Waals surface area contributed by atoms with Gasteiger partial charge in [0.15, 0.2) is 0 Å². The Labute approximate surface area is 103 Å². The lowest BCUT2D eigenvalue weighted by Gasteiger charge is -1.97. The van der Waals surface area contributed by atoms with Crippen LogP contribution >= 0.6 is 11.3 Å². The number of nitrogens with zero attached hydrogens (tertiary/aromatic N) is 2. The molecule has 0 atom stereocenters. The van der Waals surface area contributed by atoms with Gasteiger partial charge in [-0.25, -0.2) is 4.68 Å². The summed E-state index contributed by atoms with van der Waals surface area (Å²) in [5, 5.41) is 14.5. The SMILES string of the molecule is Oc1ccc(-c2ccc(-n3cccn3)s2)cc1. The number of aromatic nitrogens is 2. The molecule has 0 bridgehead atoms. The fourth-order valence-corrected chi connectivity index (χ4v) is 2.58. The number of hydrogen-bond donors (Lipinski definition) is 1. The van der Waals surface area contributed by atoms with Crippen molar-refractivity contribution in [1.82, 2.24) is 9.78 Å². The van der Waals surface area contributed by atoms with Gasteiger partial charge in [0.05, 0.1) is 0 Å². The fourth-order valence-electron chi connectivity index (χ4n) is 1.63. The molecule has 0 saturated heterocycles. The molecule has 1 aromatic carbocycles. The van der Waals surface area contributed by atoms with Gasteiger partial charge in [0.2, 0.25) is 0 Å². The maximum Gasteiger partial charge on any atom is 0.118 e. The van der Waals surface area contributed by atoms with Crippen molar-refractivity contribution < 1.29 is 5.11 Å². The molecular formula is C13H10N2OS. The minimum Gasteiger partial charge on any atom is -0.508 e. The van der Waals surface area contributed by atoms with Crippen molar-refractivity contribution in [2.24, 2.45) is 0 Å². The van der Waals surface area contributed by atoms with E-state index in [0.29, 0.717) is 0 Å². The summed E-state index contributed by atoms with van der Waals surface area (Å²) in [6.07, 6.45) is 3.69. The van der Waals surface area contributed by atoms with Gasteiger partial charge in [0.25, 0.3) is 0 Å². The number of benzene rings is 1. The molecule has 0 saturated carbocycles. The average Bonchev–Trinajstić information content (AvgIpc) is 3.00. The summed E-state index contributed by atoms with van der Waals surface area (Å²) in [4.78, 5) is 1.16. The second-order valence-corrected chi connectivity index (χ2v) is 4.70. The van der Waals surface area contributed by atoms with E-state index >= 15 is 0 Å². The molecule has 1 N–H and O–H groups in total. The van der Waals surface area contributed by atoms with Crippen LogP contribution in [-0.2, 0) is 0 Å². The van der Waals surface area contributed by atoms with Crippen LogP contribution in [0.15, 0.2) is 54.9 Å². The van der Waals surface area contributed by atoms with Gasteiger partial charge in [0, 0.05) is 17.3 Å². The standard InChI is InChI=1S/C13H10N2OS/c16-11-4-2-10(3-5-11)12-6-7-13(17-12)15-9-1-8-14-15/h1-9,16H. The Morgan fingerprint density at radius 3 is 2.59 bits per heavy atom. The van der Waals surface area contributed by atoms with Gasteiger partial charge in [-0.15, -0.1) is 11.3 Å². The lowest BCUT2D eigenvalue weighted by molar-refractivity contribution is 0.475. The van der Waals surface area contributed by atoms with Crippen LogP contribution in [0.3, 0.4) is 0 Å². The first-order valence-corrected chi connectivity index (χ1v) is 6.04. The molecule has 0 radical (unpaired) electrons. The molecule has 0 spiro atoms. The van der Waals surface area contributed by atoms with Crippen LogP contribution in [0.5, 0.6) is 5.75 Å². The molecule has 0 aliphatic carbocycles. The molecule has 4 heteroatoms. The van der Waals surface area contributed by atoms with E-state index in [1.807, 2.05) is 35.1 Å². The second kappa shape index (κ2) is 4.07. The number of thiophene rings is 1. The molecule has 0 fully saturated rings. The van der Waals surface area contributed by atoms with Gasteiger partial charge >= 0.3 is 0 Å². The molecule has 3 aromatic rings. The van der Waals surface area contributed by atoms with E-state index in [4.69, 9.17) is 0 Å². The van der Waals surface area contributed by atoms with Crippen molar-refractivity contribution >= 4 is 11.3 Å². The third kappa shape index (κ3) is 1.94. The maximum atomic E-state index is 9.25. The number of rotatable bonds is 2. The smallest absolute Gasteiger partial charge is 0.118 e. The molecule has 0 aliphatic rings. The van der Waals surface area contributed by atoms with Gasteiger partial charge in [-0.2, -0.15) is 5.10 Å². The molecule has 17 heavy (non-hydrogen) atoms. The highest BCUT2D eigenvalue weighted by atomic mass is 32.1. The summed E-state index contributed by atoms with van der Waals surface area (Å²) in [6, 6.07) is 13.2. The van der Waals surface area contributed by atoms with Gasteiger partial charge in [-0.1, -0.05) is 0 Å². The third-order valence-electron chi connectivity index (χ3n) is 2.47. The normalized spacial score (nSPS) is 10.6. The summed E-state index contributed by atoms with van der Waals surface area (Å²) in [6.45, 7) is 0. The first-order chi connectivity index (χ1) is 8.33. The van der Waals surface area contributed by atoms with Gasteiger partial charge in [0.1, 0.15) is 10.8 Å². The van der Waals surface area contributed by atoms with Gasteiger partial charge in [-0.05, 0) is 48.0 Å². The van der Waals surface area contributed by atoms with E-state index in [0.717, 1.165) is 15.4 Å². The minimum absolute atomic E-state index is 0.289. The number of aromatic hydroxyl groups is 1. The van der Waals surface area contributed by atoms with E-state index in [1.54, 1.807) is 29.7 Å². The molecule has 84 valence electrons. The molecule has 0 unspecified atom stereocenters. The molecule has 3 rings (SSSR count). The van der Waals surface area contributed by atoms with Crippen LogP contribution in [0.25, 0.3) is 15.4 Å². The summed E-state index contributed by atoms with van der Waals surface area (Å²) in [5.74, 6) is 0.289. The zero-order chi connectivity index (χ0) is 11.7. The Bertz CT molecular complexity index is 611. The molecule has 0 amide bonds. The second-order valence-electron chi connectivity index (χ2n) is 3.64. The Morgan fingerprint density at radius 2 is 1.88 bits per heavy atom. The topological polar surface area (TPSA) is 38.0 Å². The summed E-state index contributed by atoms with van der Waals surface area (Å²) >= 11 is 1.67. The van der Waals surface area contributed by atoms with Crippen LogP contribution in [0.2, 0.25) is 0 Å². The van der Waals surface area contributed by atoms with Crippen molar-refractivity contribution in [1.29, 1.82) is 0 Å². The monoisotopic (exact) mass is 242 g/mol. The highest BCUT2D eigenvalue weighted by Gasteiger charge is 2.04. The number of phenolic OH excluding ortho intramolecular Hbond substituents is 1. The highest BCUT2D eigenvalue weighted by Crippen LogP contribution is 2.30. The molecule has 3 nitrogen and oxygen atoms in total. The molecule has 0 aliphatic heterocycles. The zero-order valence-electron chi connectivity index (χ0n) is 8.95. The highest BCUT2D eigenvalue weighted by molar-refractivity contribution is 7.17. The van der Waals surface area contributed by atoms with E-state index in [-0.39, 0.29) is 5.75 Å². The lowest BCUT2D eigenvalue weighted by atomic mass is 10.2. The summed E-state index contributed by atoms with van der Waals surface area (Å²) in [7, 11) is 0. The largest absolute Gasteiger partial charge is 0.508 e. The van der Waals surface area contributed by atoms with Crippen molar-refractivity contribution in [3.63, 3.8) is 0 Å². The van der Waals surface area contributed by atoms with Crippen LogP contribution in [0.1, 0.15) is 0 Å². The Hall–Kier alpha value is -2.07. The minimum atomic E-state index is 0.289. The van der Waals surface area contributed by atoms with Gasteiger partial charge < -0.3 is 5.11 Å². The first-order valence-electron chi connectivity index (χ1n) is 5.22. The third-order valence-corrected chi connectivity index (χ3v) is 3.60. The fraction of sp³-hybridized carbons (Fsp3) is 0. The zero-order valence-corrected chi connectivity index (χ0v) is 9.76. The van der Waals surface area contributed by atoms with E-state index in [9.17, 15) is 5.11 Å². The maximum absolute atomic E-state index is 9.25. The number of phenols is 1. The predicted octanol–water partition coefficient (Wildman–Crippen LogP) is 3.31. The van der Waals surface area contributed by atoms with Gasteiger partial charge in [-0.3, -0.25) is 0 Å². The van der Waals surface area contributed by atoms with E-state index in [2.05, 4.69) is 11.2 Å². The van der Waals surface area contributed by atoms with Crippen molar-refractivity contribution in [3.05, 3.63) is 54.9 Å². The van der Waals surface area contributed by atoms with Crippen molar-refractivity contribution in [2.75, 3.05) is 0 Å². The summed E-state index contributed by atoms with van der Waals surface area (Å²) in [5.41, 5.74) is 1.10. The van der Waals surface area contributed by atoms with Crippen LogP contribution in [0.4, 0.5) is 0 Å². The molecule has 2 aromatic heterocycles. The first kappa shape index (κ1) is 10.1. The quantitative estimate of drug-likeness (QED) is 0.748. The summed E-state index contributed by atoms with van der Waals surface area (Å²) < 4.78 is 1.84. The average molecular weight is 242 g/mol.